The highest BCUT2D eigenvalue weighted by Crippen LogP contribution is 2.28. The normalized spacial score (nSPS) is 11.8. The molecule has 0 unspecified atom stereocenters. The molecule has 0 radical (unpaired) electrons. The summed E-state index contributed by atoms with van der Waals surface area (Å²) in [5.74, 6) is 0.294. The van der Waals surface area contributed by atoms with Gasteiger partial charge in [0.2, 0.25) is 15.9 Å². The molecule has 3 rings (SSSR count). The zero-order chi connectivity index (χ0) is 28.7. The van der Waals surface area contributed by atoms with Crippen LogP contribution in [0.5, 0.6) is 11.5 Å². The van der Waals surface area contributed by atoms with Crippen LogP contribution in [0.4, 0.5) is 11.4 Å². The molecule has 1 atom stereocenters. The van der Waals surface area contributed by atoms with Crippen molar-refractivity contribution >= 4 is 33.2 Å². The van der Waals surface area contributed by atoms with Crippen LogP contribution in [0.25, 0.3) is 0 Å². The van der Waals surface area contributed by atoms with E-state index in [1.54, 1.807) is 56.7 Å². The van der Waals surface area contributed by atoms with Crippen LogP contribution in [0.3, 0.4) is 0 Å². The molecule has 10 heteroatoms. The van der Waals surface area contributed by atoms with Gasteiger partial charge in [-0.25, -0.2) is 8.42 Å². The van der Waals surface area contributed by atoms with Gasteiger partial charge in [-0.3, -0.25) is 13.9 Å². The van der Waals surface area contributed by atoms with Gasteiger partial charge in [-0.1, -0.05) is 24.3 Å². The maximum atomic E-state index is 13.3. The maximum Gasteiger partial charge on any atom is 0.253 e. The Bertz CT molecular complexity index is 1430. The van der Waals surface area contributed by atoms with E-state index in [0.717, 1.165) is 27.3 Å². The van der Waals surface area contributed by atoms with E-state index in [2.05, 4.69) is 10.6 Å². The summed E-state index contributed by atoms with van der Waals surface area (Å²) in [7, 11) is -0.658. The zero-order valence-electron chi connectivity index (χ0n) is 23.1. The SMILES string of the molecule is COc1ccc(CCNC(=O)c2ccccc2NC(=O)[C@@H](C)N(c2cc(C)cc(C)c2)S(C)(=O)=O)cc1OC. The number of anilines is 2. The van der Waals surface area contributed by atoms with Crippen molar-refractivity contribution in [1.29, 1.82) is 0 Å². The summed E-state index contributed by atoms with van der Waals surface area (Å²) < 4.78 is 37.1. The number of nitrogens with zero attached hydrogens (tertiary/aromatic N) is 1. The fourth-order valence-electron chi connectivity index (χ4n) is 4.37. The summed E-state index contributed by atoms with van der Waals surface area (Å²) >= 11 is 0. The molecule has 0 aliphatic rings. The van der Waals surface area contributed by atoms with Crippen molar-refractivity contribution in [2.75, 3.05) is 36.6 Å². The molecule has 0 saturated carbocycles. The Morgan fingerprint density at radius 2 is 1.56 bits per heavy atom. The molecule has 208 valence electrons. The summed E-state index contributed by atoms with van der Waals surface area (Å²) in [5.41, 5.74) is 3.66. The van der Waals surface area contributed by atoms with Gasteiger partial charge in [-0.05, 0) is 80.3 Å². The van der Waals surface area contributed by atoms with Gasteiger partial charge in [-0.2, -0.15) is 0 Å². The van der Waals surface area contributed by atoms with Gasteiger partial charge in [-0.15, -0.1) is 0 Å². The highest BCUT2D eigenvalue weighted by molar-refractivity contribution is 7.92. The van der Waals surface area contributed by atoms with Gasteiger partial charge in [0.1, 0.15) is 6.04 Å². The lowest BCUT2D eigenvalue weighted by atomic mass is 10.1. The van der Waals surface area contributed by atoms with Gasteiger partial charge in [0.25, 0.3) is 5.91 Å². The fraction of sp³-hybridized carbons (Fsp3) is 0.310. The summed E-state index contributed by atoms with van der Waals surface area (Å²) in [5, 5.41) is 5.62. The molecule has 0 heterocycles. The van der Waals surface area contributed by atoms with E-state index in [0.29, 0.717) is 30.2 Å². The minimum Gasteiger partial charge on any atom is -0.493 e. The second-order valence-corrected chi connectivity index (χ2v) is 11.2. The first-order valence-electron chi connectivity index (χ1n) is 12.4. The van der Waals surface area contributed by atoms with Crippen molar-refractivity contribution in [3.05, 3.63) is 82.9 Å². The molecule has 0 aliphatic carbocycles. The first-order chi connectivity index (χ1) is 18.4. The van der Waals surface area contributed by atoms with Gasteiger partial charge >= 0.3 is 0 Å². The summed E-state index contributed by atoms with van der Waals surface area (Å²) in [4.78, 5) is 26.3. The van der Waals surface area contributed by atoms with Crippen molar-refractivity contribution in [1.82, 2.24) is 5.32 Å². The number of methoxy groups -OCH3 is 2. The Balaban J connectivity index is 1.73. The third-order valence-electron chi connectivity index (χ3n) is 6.13. The van der Waals surface area contributed by atoms with E-state index in [1.165, 1.54) is 6.92 Å². The van der Waals surface area contributed by atoms with Crippen molar-refractivity contribution in [2.24, 2.45) is 0 Å². The number of hydrogen-bond donors (Lipinski definition) is 2. The number of amides is 2. The molecule has 0 fully saturated rings. The molecule has 3 aromatic carbocycles. The van der Waals surface area contributed by atoms with Crippen molar-refractivity contribution < 1.29 is 27.5 Å². The third kappa shape index (κ3) is 7.51. The standard InChI is InChI=1S/C29H35N3O6S/c1-19-15-20(2)17-23(16-19)32(39(6,35)36)21(3)28(33)31-25-10-8-7-9-24(25)29(34)30-14-13-22-11-12-26(37-4)27(18-22)38-5/h7-12,15-18,21H,13-14H2,1-6H3,(H,30,34)(H,31,33)/t21-/m1/s1. The molecule has 0 saturated heterocycles. The minimum atomic E-state index is -3.79. The first-order valence-corrected chi connectivity index (χ1v) is 14.3. The highest BCUT2D eigenvalue weighted by Gasteiger charge is 2.30. The van der Waals surface area contributed by atoms with Gasteiger partial charge in [0.05, 0.1) is 37.4 Å². The predicted molar refractivity (Wildman–Crippen MR) is 153 cm³/mol. The Morgan fingerprint density at radius 3 is 2.18 bits per heavy atom. The number of para-hydroxylation sites is 1. The second kappa shape index (κ2) is 12.7. The van der Waals surface area contributed by atoms with Crippen LogP contribution in [-0.2, 0) is 21.2 Å². The van der Waals surface area contributed by atoms with Crippen LogP contribution >= 0.6 is 0 Å². The minimum absolute atomic E-state index is 0.266. The highest BCUT2D eigenvalue weighted by atomic mass is 32.2. The third-order valence-corrected chi connectivity index (χ3v) is 7.37. The fourth-order valence-corrected chi connectivity index (χ4v) is 5.52. The number of sulfonamides is 1. The van der Waals surface area contributed by atoms with E-state index in [9.17, 15) is 18.0 Å². The topological polar surface area (TPSA) is 114 Å². The van der Waals surface area contributed by atoms with Gasteiger partial charge in [0, 0.05) is 6.54 Å². The number of nitrogens with one attached hydrogen (secondary N) is 2. The molecule has 0 aromatic heterocycles. The van der Waals surface area contributed by atoms with E-state index >= 15 is 0 Å². The van der Waals surface area contributed by atoms with Gasteiger partial charge < -0.3 is 20.1 Å². The average molecular weight is 554 g/mol. The lowest BCUT2D eigenvalue weighted by Gasteiger charge is -2.29. The maximum absolute atomic E-state index is 13.3. The molecule has 0 bridgehead atoms. The van der Waals surface area contributed by atoms with Crippen LogP contribution < -0.4 is 24.4 Å². The van der Waals surface area contributed by atoms with E-state index in [1.807, 2.05) is 32.0 Å². The van der Waals surface area contributed by atoms with Gasteiger partial charge in [0.15, 0.2) is 11.5 Å². The van der Waals surface area contributed by atoms with E-state index in [-0.39, 0.29) is 17.2 Å². The molecular formula is C29H35N3O6S. The molecule has 9 nitrogen and oxygen atoms in total. The number of benzene rings is 3. The largest absolute Gasteiger partial charge is 0.493 e. The summed E-state index contributed by atoms with van der Waals surface area (Å²) in [6, 6.07) is 16.4. The molecule has 0 spiro atoms. The molecule has 0 aliphatic heterocycles. The number of carbonyl (C=O) groups is 2. The smallest absolute Gasteiger partial charge is 0.253 e. The van der Waals surface area contributed by atoms with E-state index < -0.39 is 22.0 Å². The Morgan fingerprint density at radius 1 is 0.923 bits per heavy atom. The van der Waals surface area contributed by atoms with Crippen LogP contribution in [0, 0.1) is 13.8 Å². The lowest BCUT2D eigenvalue weighted by molar-refractivity contribution is -0.116. The number of carbonyl (C=O) groups excluding carboxylic acids is 2. The van der Waals surface area contributed by atoms with Crippen LogP contribution in [-0.4, -0.2) is 53.3 Å². The Hall–Kier alpha value is -4.05. The van der Waals surface area contributed by atoms with Crippen LogP contribution in [0.1, 0.15) is 34.0 Å². The zero-order valence-corrected chi connectivity index (χ0v) is 23.9. The number of ether oxygens (including phenoxy) is 2. The molecular weight excluding hydrogens is 518 g/mol. The van der Waals surface area contributed by atoms with Crippen LogP contribution in [0.2, 0.25) is 0 Å². The lowest BCUT2D eigenvalue weighted by Crippen LogP contribution is -2.45. The molecule has 39 heavy (non-hydrogen) atoms. The van der Waals surface area contributed by atoms with Crippen LogP contribution in [0.15, 0.2) is 60.7 Å². The number of hydrogen-bond acceptors (Lipinski definition) is 6. The predicted octanol–water partition coefficient (Wildman–Crippen LogP) is 4.09. The average Bonchev–Trinajstić information content (AvgIpc) is 2.87. The number of rotatable bonds is 11. The number of aryl methyl sites for hydroxylation is 2. The Labute approximate surface area is 230 Å². The second-order valence-electron chi connectivity index (χ2n) is 9.31. The summed E-state index contributed by atoms with van der Waals surface area (Å²) in [6.07, 6.45) is 1.62. The van der Waals surface area contributed by atoms with Crippen molar-refractivity contribution in [2.45, 2.75) is 33.2 Å². The Kier molecular flexibility index (Phi) is 9.58. The quantitative estimate of drug-likeness (QED) is 0.370. The molecule has 2 amide bonds. The monoisotopic (exact) mass is 553 g/mol. The molecule has 3 aromatic rings. The summed E-state index contributed by atoms with van der Waals surface area (Å²) in [6.45, 7) is 5.59. The molecule has 2 N–H and O–H groups in total. The van der Waals surface area contributed by atoms with Crippen molar-refractivity contribution in [3.63, 3.8) is 0 Å². The van der Waals surface area contributed by atoms with E-state index in [4.69, 9.17) is 9.47 Å². The van der Waals surface area contributed by atoms with Crippen molar-refractivity contribution in [3.8, 4) is 11.5 Å². The first kappa shape index (κ1) is 29.5.